The first-order valence-electron chi connectivity index (χ1n) is 4.93. The van der Waals surface area contributed by atoms with Crippen LogP contribution in [0.1, 0.15) is 25.5 Å². The Morgan fingerprint density at radius 1 is 1.44 bits per heavy atom. The lowest BCUT2D eigenvalue weighted by molar-refractivity contribution is -0.124. The topological polar surface area (TPSA) is 78.3 Å². The van der Waals surface area contributed by atoms with Crippen molar-refractivity contribution in [3.05, 3.63) is 28.2 Å². The van der Waals surface area contributed by atoms with Gasteiger partial charge in [-0.1, -0.05) is 22.0 Å². The highest BCUT2D eigenvalue weighted by Gasteiger charge is 2.15. The summed E-state index contributed by atoms with van der Waals surface area (Å²) in [6.07, 6.45) is -0.674. The van der Waals surface area contributed by atoms with E-state index in [9.17, 15) is 4.79 Å². The molecule has 4 N–H and O–H groups in total. The van der Waals surface area contributed by atoms with Crippen LogP contribution in [0.25, 0.3) is 0 Å². The monoisotopic (exact) mass is 286 g/mol. The molecule has 0 heterocycles. The highest BCUT2D eigenvalue weighted by atomic mass is 79.9. The van der Waals surface area contributed by atoms with Crippen LogP contribution in [0, 0.1) is 0 Å². The number of amides is 1. The predicted octanol–water partition coefficient (Wildman–Crippen LogP) is 1.72. The quantitative estimate of drug-likeness (QED) is 0.885. The van der Waals surface area contributed by atoms with Crippen LogP contribution in [-0.4, -0.2) is 12.0 Å². The van der Waals surface area contributed by atoms with Gasteiger partial charge in [0.15, 0.2) is 6.10 Å². The predicted molar refractivity (Wildman–Crippen MR) is 66.0 cm³/mol. The fraction of sp³-hybridized carbons (Fsp3) is 0.364. The Morgan fingerprint density at radius 2 is 2.06 bits per heavy atom. The average Bonchev–Trinajstić information content (AvgIpc) is 2.16. The van der Waals surface area contributed by atoms with E-state index in [1.54, 1.807) is 13.0 Å². The molecule has 0 aliphatic carbocycles. The summed E-state index contributed by atoms with van der Waals surface area (Å²) >= 11 is 3.34. The molecule has 0 spiro atoms. The van der Waals surface area contributed by atoms with E-state index in [2.05, 4.69) is 15.9 Å². The van der Waals surface area contributed by atoms with Crippen molar-refractivity contribution in [2.45, 2.75) is 26.0 Å². The summed E-state index contributed by atoms with van der Waals surface area (Å²) in [6.45, 7) is 3.46. The zero-order chi connectivity index (χ0) is 12.3. The molecule has 0 aliphatic rings. The lowest BCUT2D eigenvalue weighted by Gasteiger charge is -2.17. The molecule has 1 aromatic carbocycles. The molecule has 1 rings (SSSR count). The lowest BCUT2D eigenvalue weighted by atomic mass is 10.1. The largest absolute Gasteiger partial charge is 0.481 e. The molecular formula is C11H15BrN2O2. The van der Waals surface area contributed by atoms with Crippen LogP contribution in [0.4, 0.5) is 0 Å². The van der Waals surface area contributed by atoms with E-state index in [1.807, 2.05) is 19.1 Å². The Kier molecular flexibility index (Phi) is 4.32. The van der Waals surface area contributed by atoms with E-state index in [-0.39, 0.29) is 6.04 Å². The molecule has 4 nitrogen and oxygen atoms in total. The summed E-state index contributed by atoms with van der Waals surface area (Å²) in [5.74, 6) is 0.0753. The van der Waals surface area contributed by atoms with Crippen LogP contribution in [0.2, 0.25) is 0 Å². The van der Waals surface area contributed by atoms with Crippen molar-refractivity contribution < 1.29 is 9.53 Å². The number of hydrogen-bond donors (Lipinski definition) is 2. The van der Waals surface area contributed by atoms with E-state index in [1.165, 1.54) is 0 Å². The summed E-state index contributed by atoms with van der Waals surface area (Å²) < 4.78 is 6.33. The zero-order valence-corrected chi connectivity index (χ0v) is 10.8. The van der Waals surface area contributed by atoms with Crippen molar-refractivity contribution in [2.75, 3.05) is 0 Å². The van der Waals surface area contributed by atoms with E-state index in [0.29, 0.717) is 5.75 Å². The Bertz CT molecular complexity index is 394. The summed E-state index contributed by atoms with van der Waals surface area (Å²) in [7, 11) is 0. The number of carbonyl (C=O) groups is 1. The summed E-state index contributed by atoms with van der Waals surface area (Å²) in [4.78, 5) is 10.9. The SMILES string of the molecule is CC(Oc1cc(Br)ccc1[C@@H](C)N)C(N)=O. The van der Waals surface area contributed by atoms with Crippen LogP contribution in [0.15, 0.2) is 22.7 Å². The molecule has 0 bridgehead atoms. The average molecular weight is 287 g/mol. The fourth-order valence-corrected chi connectivity index (χ4v) is 1.58. The van der Waals surface area contributed by atoms with Gasteiger partial charge in [0.2, 0.25) is 0 Å². The van der Waals surface area contributed by atoms with Crippen LogP contribution in [-0.2, 0) is 4.79 Å². The van der Waals surface area contributed by atoms with Crippen LogP contribution in [0.5, 0.6) is 5.75 Å². The molecule has 2 atom stereocenters. The van der Waals surface area contributed by atoms with Crippen molar-refractivity contribution in [3.63, 3.8) is 0 Å². The Morgan fingerprint density at radius 3 is 2.56 bits per heavy atom. The molecule has 1 aromatic rings. The Balaban J connectivity index is 3.01. The second-order valence-electron chi connectivity index (χ2n) is 3.63. The minimum absolute atomic E-state index is 0.164. The van der Waals surface area contributed by atoms with E-state index in [4.69, 9.17) is 16.2 Å². The third-order valence-electron chi connectivity index (χ3n) is 2.17. The molecule has 0 fully saturated rings. The van der Waals surface area contributed by atoms with E-state index in [0.717, 1.165) is 10.0 Å². The van der Waals surface area contributed by atoms with Crippen LogP contribution in [0.3, 0.4) is 0 Å². The molecule has 88 valence electrons. The maximum Gasteiger partial charge on any atom is 0.258 e. The maximum atomic E-state index is 10.9. The van der Waals surface area contributed by atoms with Gasteiger partial charge in [-0.2, -0.15) is 0 Å². The van der Waals surface area contributed by atoms with Gasteiger partial charge < -0.3 is 16.2 Å². The van der Waals surface area contributed by atoms with Crippen molar-refractivity contribution in [2.24, 2.45) is 11.5 Å². The highest BCUT2D eigenvalue weighted by Crippen LogP contribution is 2.28. The maximum absolute atomic E-state index is 10.9. The second-order valence-corrected chi connectivity index (χ2v) is 4.55. The summed E-state index contributed by atoms with van der Waals surface area (Å²) in [5, 5.41) is 0. The molecule has 1 amide bonds. The first kappa shape index (κ1) is 13.0. The number of nitrogens with two attached hydrogens (primary N) is 2. The van der Waals surface area contributed by atoms with Gasteiger partial charge in [-0.3, -0.25) is 4.79 Å². The van der Waals surface area contributed by atoms with Crippen LogP contribution >= 0.6 is 15.9 Å². The fourth-order valence-electron chi connectivity index (χ4n) is 1.23. The molecule has 5 heteroatoms. The number of benzene rings is 1. The number of primary amides is 1. The smallest absolute Gasteiger partial charge is 0.258 e. The third kappa shape index (κ3) is 3.21. The number of carbonyl (C=O) groups excluding carboxylic acids is 1. The molecule has 0 saturated heterocycles. The van der Waals surface area contributed by atoms with Gasteiger partial charge >= 0.3 is 0 Å². The Labute approximate surface area is 103 Å². The van der Waals surface area contributed by atoms with Gasteiger partial charge in [-0.25, -0.2) is 0 Å². The lowest BCUT2D eigenvalue weighted by Crippen LogP contribution is -2.31. The van der Waals surface area contributed by atoms with Gasteiger partial charge in [0.25, 0.3) is 5.91 Å². The van der Waals surface area contributed by atoms with Gasteiger partial charge in [-0.05, 0) is 26.0 Å². The first-order valence-corrected chi connectivity index (χ1v) is 5.72. The third-order valence-corrected chi connectivity index (χ3v) is 2.66. The molecule has 0 aromatic heterocycles. The van der Waals surface area contributed by atoms with Crippen molar-refractivity contribution in [1.29, 1.82) is 0 Å². The first-order chi connectivity index (χ1) is 7.41. The normalized spacial score (nSPS) is 14.2. The van der Waals surface area contributed by atoms with Gasteiger partial charge in [0.05, 0.1) is 0 Å². The van der Waals surface area contributed by atoms with E-state index >= 15 is 0 Å². The van der Waals surface area contributed by atoms with Crippen molar-refractivity contribution in [1.82, 2.24) is 0 Å². The standard InChI is InChI=1S/C11H15BrN2O2/c1-6(13)9-4-3-8(12)5-10(9)16-7(2)11(14)15/h3-7H,13H2,1-2H3,(H2,14,15)/t6-,7?/m1/s1. The second kappa shape index (κ2) is 5.32. The van der Waals surface area contributed by atoms with Crippen LogP contribution < -0.4 is 16.2 Å². The highest BCUT2D eigenvalue weighted by molar-refractivity contribution is 9.10. The van der Waals surface area contributed by atoms with Gasteiger partial charge in [0.1, 0.15) is 5.75 Å². The molecular weight excluding hydrogens is 272 g/mol. The summed E-state index contributed by atoms with van der Waals surface area (Å²) in [6, 6.07) is 5.35. The summed E-state index contributed by atoms with van der Waals surface area (Å²) in [5.41, 5.74) is 11.8. The zero-order valence-electron chi connectivity index (χ0n) is 9.24. The molecule has 1 unspecified atom stereocenters. The number of halogens is 1. The number of ether oxygens (including phenoxy) is 1. The molecule has 0 radical (unpaired) electrons. The molecule has 16 heavy (non-hydrogen) atoms. The minimum atomic E-state index is -0.674. The number of rotatable bonds is 4. The minimum Gasteiger partial charge on any atom is -0.481 e. The molecule has 0 aliphatic heterocycles. The number of hydrogen-bond acceptors (Lipinski definition) is 3. The molecule has 0 saturated carbocycles. The Hall–Kier alpha value is -1.07. The van der Waals surface area contributed by atoms with Gasteiger partial charge in [0, 0.05) is 16.1 Å². The van der Waals surface area contributed by atoms with Gasteiger partial charge in [-0.15, -0.1) is 0 Å². The van der Waals surface area contributed by atoms with E-state index < -0.39 is 12.0 Å². The van der Waals surface area contributed by atoms with Crippen molar-refractivity contribution >= 4 is 21.8 Å². The van der Waals surface area contributed by atoms with Crippen molar-refractivity contribution in [3.8, 4) is 5.75 Å².